The SMILES string of the molecule is COc1cccc2c(NC(C)=S)cccc12. The topological polar surface area (TPSA) is 21.3 Å². The average molecular weight is 231 g/mol. The second-order valence-electron chi connectivity index (χ2n) is 3.54. The molecule has 0 heterocycles. The van der Waals surface area contributed by atoms with E-state index >= 15 is 0 Å². The van der Waals surface area contributed by atoms with Crippen LogP contribution in [-0.2, 0) is 0 Å². The molecule has 0 aliphatic carbocycles. The van der Waals surface area contributed by atoms with Crippen LogP contribution in [0, 0.1) is 0 Å². The fourth-order valence-electron chi connectivity index (χ4n) is 1.76. The zero-order valence-corrected chi connectivity index (χ0v) is 10.1. The van der Waals surface area contributed by atoms with Gasteiger partial charge in [-0.05, 0) is 19.1 Å². The molecule has 82 valence electrons. The summed E-state index contributed by atoms with van der Waals surface area (Å²) in [5.41, 5.74) is 1.02. The van der Waals surface area contributed by atoms with Crippen LogP contribution in [0.4, 0.5) is 5.69 Å². The Hall–Kier alpha value is -1.61. The predicted octanol–water partition coefficient (Wildman–Crippen LogP) is 3.61. The number of thiocarbonyl (C=S) groups is 1. The number of ether oxygens (including phenoxy) is 1. The van der Waals surface area contributed by atoms with Crippen LogP contribution < -0.4 is 10.1 Å². The fraction of sp³-hybridized carbons (Fsp3) is 0.154. The maximum absolute atomic E-state index is 5.33. The first-order valence-corrected chi connectivity index (χ1v) is 5.46. The Morgan fingerprint density at radius 2 is 1.81 bits per heavy atom. The number of methoxy groups -OCH3 is 1. The van der Waals surface area contributed by atoms with E-state index in [2.05, 4.69) is 11.4 Å². The van der Waals surface area contributed by atoms with Gasteiger partial charge in [0, 0.05) is 16.5 Å². The maximum Gasteiger partial charge on any atom is 0.126 e. The molecule has 0 aliphatic heterocycles. The van der Waals surface area contributed by atoms with Gasteiger partial charge in [-0.1, -0.05) is 36.5 Å². The highest BCUT2D eigenvalue weighted by Gasteiger charge is 2.04. The summed E-state index contributed by atoms with van der Waals surface area (Å²) >= 11 is 5.06. The first-order valence-electron chi connectivity index (χ1n) is 5.05. The van der Waals surface area contributed by atoms with E-state index in [4.69, 9.17) is 17.0 Å². The molecule has 1 N–H and O–H groups in total. The van der Waals surface area contributed by atoms with Gasteiger partial charge in [0.25, 0.3) is 0 Å². The van der Waals surface area contributed by atoms with E-state index in [1.54, 1.807) is 7.11 Å². The highest BCUT2D eigenvalue weighted by Crippen LogP contribution is 2.30. The van der Waals surface area contributed by atoms with Crippen LogP contribution >= 0.6 is 12.2 Å². The van der Waals surface area contributed by atoms with Gasteiger partial charge >= 0.3 is 0 Å². The van der Waals surface area contributed by atoms with Crippen molar-refractivity contribution in [3.8, 4) is 5.75 Å². The molecular weight excluding hydrogens is 218 g/mol. The van der Waals surface area contributed by atoms with Crippen molar-refractivity contribution in [1.82, 2.24) is 0 Å². The Morgan fingerprint density at radius 3 is 2.50 bits per heavy atom. The van der Waals surface area contributed by atoms with Crippen LogP contribution in [0.25, 0.3) is 10.8 Å². The van der Waals surface area contributed by atoms with Crippen LogP contribution in [0.15, 0.2) is 36.4 Å². The van der Waals surface area contributed by atoms with Crippen molar-refractivity contribution in [3.05, 3.63) is 36.4 Å². The summed E-state index contributed by atoms with van der Waals surface area (Å²) in [5, 5.41) is 5.38. The summed E-state index contributed by atoms with van der Waals surface area (Å²) < 4.78 is 5.33. The Balaban J connectivity index is 2.64. The van der Waals surface area contributed by atoms with Gasteiger partial charge in [-0.3, -0.25) is 0 Å². The second kappa shape index (κ2) is 4.49. The van der Waals surface area contributed by atoms with E-state index < -0.39 is 0 Å². The van der Waals surface area contributed by atoms with Gasteiger partial charge in [0.15, 0.2) is 0 Å². The Morgan fingerprint density at radius 1 is 1.12 bits per heavy atom. The molecule has 0 fully saturated rings. The minimum atomic E-state index is 0.760. The van der Waals surface area contributed by atoms with E-state index in [-0.39, 0.29) is 0 Å². The molecule has 0 radical (unpaired) electrons. The molecule has 0 amide bonds. The van der Waals surface area contributed by atoms with Gasteiger partial charge in [-0.15, -0.1) is 0 Å². The third-order valence-electron chi connectivity index (χ3n) is 2.41. The standard InChI is InChI=1S/C13H13NOS/c1-9(16)14-12-7-3-6-11-10(12)5-4-8-13(11)15-2/h3-8H,1-2H3,(H,14,16). The van der Waals surface area contributed by atoms with Crippen molar-refractivity contribution in [2.24, 2.45) is 0 Å². The van der Waals surface area contributed by atoms with Crippen molar-refractivity contribution in [3.63, 3.8) is 0 Å². The first kappa shape index (κ1) is 10.9. The summed E-state index contributed by atoms with van der Waals surface area (Å²) in [6.45, 7) is 1.87. The Labute approximate surface area is 100 Å². The third kappa shape index (κ3) is 1.99. The van der Waals surface area contributed by atoms with Crippen molar-refractivity contribution in [2.45, 2.75) is 6.92 Å². The fourth-order valence-corrected chi connectivity index (χ4v) is 1.87. The molecule has 0 unspecified atom stereocenters. The van der Waals surface area contributed by atoms with Crippen molar-refractivity contribution in [2.75, 3.05) is 12.4 Å². The maximum atomic E-state index is 5.33. The molecule has 3 heteroatoms. The number of fused-ring (bicyclic) bond motifs is 1. The zero-order valence-electron chi connectivity index (χ0n) is 9.28. The molecule has 0 aliphatic rings. The highest BCUT2D eigenvalue weighted by atomic mass is 32.1. The number of hydrogen-bond donors (Lipinski definition) is 1. The summed E-state index contributed by atoms with van der Waals surface area (Å²) in [5.74, 6) is 0.878. The summed E-state index contributed by atoms with van der Waals surface area (Å²) in [4.78, 5) is 0.760. The molecule has 2 rings (SSSR count). The monoisotopic (exact) mass is 231 g/mol. The summed E-state index contributed by atoms with van der Waals surface area (Å²) in [6, 6.07) is 12.0. The third-order valence-corrected chi connectivity index (χ3v) is 2.51. The van der Waals surface area contributed by atoms with Crippen LogP contribution in [0.3, 0.4) is 0 Å². The van der Waals surface area contributed by atoms with Crippen LogP contribution in [0.5, 0.6) is 5.75 Å². The zero-order chi connectivity index (χ0) is 11.5. The van der Waals surface area contributed by atoms with E-state index in [0.717, 1.165) is 27.2 Å². The number of rotatable bonds is 2. The van der Waals surface area contributed by atoms with Gasteiger partial charge in [0.2, 0.25) is 0 Å². The van der Waals surface area contributed by atoms with E-state index in [1.165, 1.54) is 0 Å². The predicted molar refractivity (Wildman–Crippen MR) is 72.4 cm³/mol. The molecule has 0 atom stereocenters. The first-order chi connectivity index (χ1) is 7.72. The lowest BCUT2D eigenvalue weighted by atomic mass is 10.1. The lowest BCUT2D eigenvalue weighted by Crippen LogP contribution is -2.03. The van der Waals surface area contributed by atoms with Crippen molar-refractivity contribution in [1.29, 1.82) is 0 Å². The molecule has 0 aromatic heterocycles. The molecule has 2 aromatic carbocycles. The average Bonchev–Trinajstić information content (AvgIpc) is 2.28. The van der Waals surface area contributed by atoms with Crippen LogP contribution in [0.1, 0.15) is 6.92 Å². The number of anilines is 1. The molecule has 0 saturated carbocycles. The normalized spacial score (nSPS) is 10.1. The van der Waals surface area contributed by atoms with Crippen LogP contribution in [0.2, 0.25) is 0 Å². The Bertz CT molecular complexity index is 536. The van der Waals surface area contributed by atoms with Crippen molar-refractivity contribution >= 4 is 33.7 Å². The molecule has 2 nitrogen and oxygen atoms in total. The summed E-state index contributed by atoms with van der Waals surface area (Å²) in [7, 11) is 1.68. The van der Waals surface area contributed by atoms with E-state index in [1.807, 2.05) is 37.3 Å². The second-order valence-corrected chi connectivity index (χ2v) is 4.15. The van der Waals surface area contributed by atoms with Gasteiger partial charge in [-0.25, -0.2) is 0 Å². The highest BCUT2D eigenvalue weighted by molar-refractivity contribution is 7.80. The van der Waals surface area contributed by atoms with Gasteiger partial charge in [0.05, 0.1) is 12.1 Å². The van der Waals surface area contributed by atoms with Gasteiger partial charge in [0.1, 0.15) is 5.75 Å². The van der Waals surface area contributed by atoms with Gasteiger partial charge < -0.3 is 10.1 Å². The van der Waals surface area contributed by atoms with Crippen molar-refractivity contribution < 1.29 is 4.74 Å². The molecule has 2 aromatic rings. The quantitative estimate of drug-likeness (QED) is 0.798. The summed E-state index contributed by atoms with van der Waals surface area (Å²) in [6.07, 6.45) is 0. The lowest BCUT2D eigenvalue weighted by molar-refractivity contribution is 0.420. The van der Waals surface area contributed by atoms with E-state index in [9.17, 15) is 0 Å². The van der Waals surface area contributed by atoms with E-state index in [0.29, 0.717) is 0 Å². The molecular formula is C13H13NOS. The number of hydrogen-bond acceptors (Lipinski definition) is 2. The number of nitrogens with one attached hydrogen (secondary N) is 1. The molecule has 0 saturated heterocycles. The smallest absolute Gasteiger partial charge is 0.126 e. The largest absolute Gasteiger partial charge is 0.496 e. The van der Waals surface area contributed by atoms with Crippen LogP contribution in [-0.4, -0.2) is 12.1 Å². The lowest BCUT2D eigenvalue weighted by Gasteiger charge is -2.10. The Kier molecular flexibility index (Phi) is 3.06. The minimum Gasteiger partial charge on any atom is -0.496 e. The molecule has 0 spiro atoms. The van der Waals surface area contributed by atoms with Gasteiger partial charge in [-0.2, -0.15) is 0 Å². The number of benzene rings is 2. The minimum absolute atomic E-state index is 0.760. The molecule has 0 bridgehead atoms. The molecule has 16 heavy (non-hydrogen) atoms.